The number of nitrogens with one attached hydrogen (secondary N) is 1. The van der Waals surface area contributed by atoms with Gasteiger partial charge in [0.15, 0.2) is 5.58 Å². The number of amides is 1. The summed E-state index contributed by atoms with van der Waals surface area (Å²) in [5, 5.41) is 7.70. The largest absolute Gasteiger partial charge is 0.420 e. The number of carbonyl (C=O) groups is 1. The first-order chi connectivity index (χ1) is 13.1. The molecule has 1 aliphatic carbocycles. The summed E-state index contributed by atoms with van der Waals surface area (Å²) < 4.78 is 6.75. The van der Waals surface area contributed by atoms with Gasteiger partial charge in [0.1, 0.15) is 6.04 Å². The Kier molecular flexibility index (Phi) is 3.70. The van der Waals surface area contributed by atoms with Crippen LogP contribution < -0.4 is 5.76 Å². The number of rotatable bonds is 3. The molecule has 1 fully saturated rings. The average Bonchev–Trinajstić information content (AvgIpc) is 3.19. The summed E-state index contributed by atoms with van der Waals surface area (Å²) in [6.45, 7) is 2.96. The van der Waals surface area contributed by atoms with Gasteiger partial charge in [0.25, 0.3) is 0 Å². The number of H-pyrrole nitrogens is 1. The zero-order valence-corrected chi connectivity index (χ0v) is 15.3. The standard InChI is InChI=1S/C20H22N4O3/c1-12(24-16-7-2-3-8-17(16)27-20(24)26)19(25)23-10-9-15-14(11-23)18(22-21-15)13-5-4-6-13/h2-3,7-8,12-13H,4-6,9-11H2,1H3,(H,21,22). The van der Waals surface area contributed by atoms with Crippen LogP contribution in [0.25, 0.3) is 11.1 Å². The number of carbonyl (C=O) groups excluding carboxylic acids is 1. The Hall–Kier alpha value is -2.83. The average molecular weight is 366 g/mol. The van der Waals surface area contributed by atoms with Gasteiger partial charge in [-0.15, -0.1) is 0 Å². The van der Waals surface area contributed by atoms with Crippen molar-refractivity contribution in [3.63, 3.8) is 0 Å². The molecule has 1 aliphatic heterocycles. The molecule has 3 aromatic rings. The summed E-state index contributed by atoms with van der Waals surface area (Å²) in [7, 11) is 0. The minimum atomic E-state index is -0.609. The molecular formula is C20H22N4O3. The fourth-order valence-corrected chi connectivity index (χ4v) is 4.25. The van der Waals surface area contributed by atoms with Crippen LogP contribution in [0.1, 0.15) is 55.1 Å². The molecule has 7 heteroatoms. The summed E-state index contributed by atoms with van der Waals surface area (Å²) in [6.07, 6.45) is 4.38. The van der Waals surface area contributed by atoms with Gasteiger partial charge in [0, 0.05) is 36.7 Å². The highest BCUT2D eigenvalue weighted by Crippen LogP contribution is 2.39. The molecule has 0 radical (unpaired) electrons. The number of hydrogen-bond donors (Lipinski definition) is 1. The van der Waals surface area contributed by atoms with E-state index in [1.54, 1.807) is 13.0 Å². The van der Waals surface area contributed by atoms with Crippen molar-refractivity contribution in [3.05, 3.63) is 51.8 Å². The molecule has 0 spiro atoms. The van der Waals surface area contributed by atoms with E-state index in [0.29, 0.717) is 30.1 Å². The predicted molar refractivity (Wildman–Crippen MR) is 99.5 cm³/mol. The third kappa shape index (κ3) is 2.52. The van der Waals surface area contributed by atoms with Crippen molar-refractivity contribution in [3.8, 4) is 0 Å². The Morgan fingerprint density at radius 1 is 1.33 bits per heavy atom. The quantitative estimate of drug-likeness (QED) is 0.772. The number of hydrogen-bond acceptors (Lipinski definition) is 4. The number of aromatic nitrogens is 3. The number of nitrogens with zero attached hydrogens (tertiary/aromatic N) is 3. The van der Waals surface area contributed by atoms with Crippen molar-refractivity contribution in [1.29, 1.82) is 0 Å². The van der Waals surface area contributed by atoms with E-state index in [1.807, 2.05) is 23.1 Å². The minimum absolute atomic E-state index is 0.0601. The van der Waals surface area contributed by atoms with Crippen LogP contribution in [0.15, 0.2) is 33.5 Å². The van der Waals surface area contributed by atoms with Gasteiger partial charge in [-0.25, -0.2) is 4.79 Å². The summed E-state index contributed by atoms with van der Waals surface area (Å²) in [5.41, 5.74) is 4.62. The molecule has 1 unspecified atom stereocenters. The Morgan fingerprint density at radius 3 is 2.93 bits per heavy atom. The Morgan fingerprint density at radius 2 is 2.15 bits per heavy atom. The maximum Gasteiger partial charge on any atom is 0.420 e. The van der Waals surface area contributed by atoms with Crippen molar-refractivity contribution >= 4 is 17.0 Å². The highest BCUT2D eigenvalue weighted by molar-refractivity contribution is 5.83. The van der Waals surface area contributed by atoms with Crippen LogP contribution in [-0.2, 0) is 17.8 Å². The third-order valence-electron chi connectivity index (χ3n) is 6.03. The first kappa shape index (κ1) is 16.4. The molecule has 1 saturated carbocycles. The molecule has 1 atom stereocenters. The molecule has 0 saturated heterocycles. The van der Waals surface area contributed by atoms with Gasteiger partial charge in [-0.1, -0.05) is 18.6 Å². The predicted octanol–water partition coefficient (Wildman–Crippen LogP) is 2.73. The molecular weight excluding hydrogens is 344 g/mol. The molecule has 7 nitrogen and oxygen atoms in total. The molecule has 2 aromatic heterocycles. The van der Waals surface area contributed by atoms with Crippen molar-refractivity contribution in [2.24, 2.45) is 0 Å². The first-order valence-corrected chi connectivity index (χ1v) is 9.58. The van der Waals surface area contributed by atoms with Crippen LogP contribution in [0.2, 0.25) is 0 Å². The third-order valence-corrected chi connectivity index (χ3v) is 6.03. The summed E-state index contributed by atoms with van der Waals surface area (Å²) in [5.74, 6) is -0.0267. The zero-order valence-electron chi connectivity index (χ0n) is 15.3. The van der Waals surface area contributed by atoms with Crippen molar-refractivity contribution in [2.45, 2.75) is 51.1 Å². The number of para-hydroxylation sites is 2. The van der Waals surface area contributed by atoms with Gasteiger partial charge in [0.2, 0.25) is 5.91 Å². The summed E-state index contributed by atoms with van der Waals surface area (Å²) >= 11 is 0. The molecule has 27 heavy (non-hydrogen) atoms. The van der Waals surface area contributed by atoms with Gasteiger partial charge in [-0.2, -0.15) is 5.10 Å². The number of oxazole rings is 1. The van der Waals surface area contributed by atoms with Gasteiger partial charge in [0.05, 0.1) is 11.2 Å². The number of fused-ring (bicyclic) bond motifs is 2. The van der Waals surface area contributed by atoms with Gasteiger partial charge >= 0.3 is 5.76 Å². The highest BCUT2D eigenvalue weighted by atomic mass is 16.4. The summed E-state index contributed by atoms with van der Waals surface area (Å²) in [6, 6.07) is 6.60. The van der Waals surface area contributed by atoms with Crippen molar-refractivity contribution in [1.82, 2.24) is 19.7 Å². The van der Waals surface area contributed by atoms with Crippen LogP contribution in [0.3, 0.4) is 0 Å². The van der Waals surface area contributed by atoms with Crippen LogP contribution in [0.5, 0.6) is 0 Å². The SMILES string of the molecule is CC(C(=O)N1CCc2[nH]nc(C3CCC3)c2C1)n1c(=O)oc2ccccc21. The van der Waals surface area contributed by atoms with E-state index < -0.39 is 11.8 Å². The molecule has 5 rings (SSSR count). The van der Waals surface area contributed by atoms with E-state index in [-0.39, 0.29) is 5.91 Å². The molecule has 1 N–H and O–H groups in total. The molecule has 0 bridgehead atoms. The number of benzene rings is 1. The Labute approximate surface area is 156 Å². The highest BCUT2D eigenvalue weighted by Gasteiger charge is 2.33. The molecule has 2 aliphatic rings. The Balaban J connectivity index is 1.43. The van der Waals surface area contributed by atoms with E-state index in [4.69, 9.17) is 4.42 Å². The molecule has 1 amide bonds. The second-order valence-electron chi connectivity index (χ2n) is 7.59. The summed E-state index contributed by atoms with van der Waals surface area (Å²) in [4.78, 5) is 27.4. The number of aromatic amines is 1. The molecule has 3 heterocycles. The maximum atomic E-state index is 13.2. The minimum Gasteiger partial charge on any atom is -0.408 e. The lowest BCUT2D eigenvalue weighted by molar-refractivity contribution is -0.135. The van der Waals surface area contributed by atoms with Crippen LogP contribution in [0.4, 0.5) is 0 Å². The zero-order chi connectivity index (χ0) is 18.5. The second kappa shape index (κ2) is 6.11. The van der Waals surface area contributed by atoms with Crippen molar-refractivity contribution in [2.75, 3.05) is 6.54 Å². The van der Waals surface area contributed by atoms with Crippen molar-refractivity contribution < 1.29 is 9.21 Å². The van der Waals surface area contributed by atoms with Gasteiger partial charge in [-0.05, 0) is 31.9 Å². The van der Waals surface area contributed by atoms with Crippen LogP contribution in [0, 0.1) is 0 Å². The van der Waals surface area contributed by atoms with E-state index in [1.165, 1.54) is 29.4 Å². The van der Waals surface area contributed by atoms with E-state index in [2.05, 4.69) is 10.2 Å². The topological polar surface area (TPSA) is 84.1 Å². The maximum absolute atomic E-state index is 13.2. The normalized spacial score (nSPS) is 18.3. The van der Waals surface area contributed by atoms with Crippen LogP contribution >= 0.6 is 0 Å². The molecule has 1 aromatic carbocycles. The van der Waals surface area contributed by atoms with E-state index >= 15 is 0 Å². The molecule has 140 valence electrons. The lowest BCUT2D eigenvalue weighted by Gasteiger charge is -2.31. The monoisotopic (exact) mass is 366 g/mol. The van der Waals surface area contributed by atoms with Gasteiger partial charge in [-0.3, -0.25) is 14.5 Å². The first-order valence-electron chi connectivity index (χ1n) is 9.58. The lowest BCUT2D eigenvalue weighted by atomic mass is 9.80. The fraction of sp³-hybridized carbons (Fsp3) is 0.450. The van der Waals surface area contributed by atoms with E-state index in [0.717, 1.165) is 17.8 Å². The lowest BCUT2D eigenvalue weighted by Crippen LogP contribution is -2.41. The fourth-order valence-electron chi connectivity index (χ4n) is 4.25. The van der Waals surface area contributed by atoms with Crippen LogP contribution in [-0.4, -0.2) is 32.1 Å². The second-order valence-corrected chi connectivity index (χ2v) is 7.59. The smallest absolute Gasteiger partial charge is 0.408 e. The van der Waals surface area contributed by atoms with Gasteiger partial charge < -0.3 is 9.32 Å². The van der Waals surface area contributed by atoms with E-state index in [9.17, 15) is 9.59 Å². The Bertz CT molecular complexity index is 1070.